The third-order valence-electron chi connectivity index (χ3n) is 5.69. The van der Waals surface area contributed by atoms with E-state index in [4.69, 9.17) is 5.11 Å². The van der Waals surface area contributed by atoms with Gasteiger partial charge in [-0.25, -0.2) is 4.79 Å². The Labute approximate surface area is 209 Å². The standard InChI is InChI=1S/C27H22F3N3O4/c1-14-8-15(2)10-19(9-14)33-22-13-18(27(28,29)30)5-6-20(22)24(25(33)35)32-31-21-7-4-17(12-23(21)34)11-16(3)26(36)37/h4-13,34-35H,1-3H3,(H,36,37). The molecule has 1 aromatic heterocycles. The van der Waals surface area contributed by atoms with Crippen LogP contribution in [0.5, 0.6) is 11.6 Å². The molecule has 4 rings (SSSR count). The average Bonchev–Trinajstić information content (AvgIpc) is 3.07. The van der Waals surface area contributed by atoms with Crippen molar-refractivity contribution >= 4 is 34.3 Å². The van der Waals surface area contributed by atoms with E-state index in [0.717, 1.165) is 23.3 Å². The van der Waals surface area contributed by atoms with Gasteiger partial charge in [0.25, 0.3) is 0 Å². The molecule has 10 heteroatoms. The first-order valence-corrected chi connectivity index (χ1v) is 11.0. The lowest BCUT2D eigenvalue weighted by atomic mass is 10.1. The number of benzene rings is 3. The molecule has 190 valence electrons. The van der Waals surface area contributed by atoms with Crippen molar-refractivity contribution in [1.82, 2.24) is 4.57 Å². The summed E-state index contributed by atoms with van der Waals surface area (Å²) in [7, 11) is 0. The number of carbonyl (C=O) groups is 1. The monoisotopic (exact) mass is 509 g/mol. The van der Waals surface area contributed by atoms with Gasteiger partial charge in [0.05, 0.1) is 11.1 Å². The molecular formula is C27H22F3N3O4. The van der Waals surface area contributed by atoms with Crippen LogP contribution in [0.4, 0.5) is 24.5 Å². The maximum absolute atomic E-state index is 13.5. The number of nitrogens with zero attached hydrogens (tertiary/aromatic N) is 3. The minimum atomic E-state index is -4.59. The Bertz CT molecular complexity index is 1580. The molecule has 0 aliphatic heterocycles. The molecule has 0 saturated heterocycles. The number of phenols is 1. The normalized spacial score (nSPS) is 12.5. The Kier molecular flexibility index (Phi) is 6.51. The van der Waals surface area contributed by atoms with Gasteiger partial charge in [-0.2, -0.15) is 13.2 Å². The Balaban J connectivity index is 1.86. The summed E-state index contributed by atoms with van der Waals surface area (Å²) in [5.74, 6) is -1.82. The van der Waals surface area contributed by atoms with Crippen LogP contribution in [0.25, 0.3) is 22.7 Å². The van der Waals surface area contributed by atoms with Crippen LogP contribution in [0.1, 0.15) is 29.2 Å². The highest BCUT2D eigenvalue weighted by molar-refractivity contribution is 5.97. The lowest BCUT2D eigenvalue weighted by molar-refractivity contribution is -0.137. The third-order valence-corrected chi connectivity index (χ3v) is 5.69. The van der Waals surface area contributed by atoms with E-state index in [1.165, 1.54) is 41.8 Å². The fourth-order valence-electron chi connectivity index (χ4n) is 4.00. The minimum Gasteiger partial charge on any atom is -0.506 e. The molecule has 0 aliphatic carbocycles. The number of aryl methyl sites for hydroxylation is 2. The molecule has 7 nitrogen and oxygen atoms in total. The molecule has 3 aromatic carbocycles. The van der Waals surface area contributed by atoms with Crippen molar-refractivity contribution in [2.24, 2.45) is 10.2 Å². The minimum absolute atomic E-state index is 0.0174. The van der Waals surface area contributed by atoms with E-state index in [9.17, 15) is 28.2 Å². The van der Waals surface area contributed by atoms with Gasteiger partial charge in [0.1, 0.15) is 11.4 Å². The van der Waals surface area contributed by atoms with Crippen LogP contribution < -0.4 is 0 Å². The zero-order chi connectivity index (χ0) is 27.1. The predicted octanol–water partition coefficient (Wildman–Crippen LogP) is 7.58. The van der Waals surface area contributed by atoms with Gasteiger partial charge in [0, 0.05) is 16.6 Å². The van der Waals surface area contributed by atoms with Crippen LogP contribution >= 0.6 is 0 Å². The molecule has 4 aromatic rings. The Hall–Kier alpha value is -4.60. The summed E-state index contributed by atoms with van der Waals surface area (Å²) < 4.78 is 41.7. The molecule has 1 heterocycles. The van der Waals surface area contributed by atoms with E-state index in [1.54, 1.807) is 12.1 Å². The second kappa shape index (κ2) is 9.45. The van der Waals surface area contributed by atoms with Crippen LogP contribution in [0, 0.1) is 13.8 Å². The Morgan fingerprint density at radius 3 is 2.22 bits per heavy atom. The fraction of sp³-hybridized carbons (Fsp3) is 0.148. The zero-order valence-corrected chi connectivity index (χ0v) is 20.0. The highest BCUT2D eigenvalue weighted by atomic mass is 19.4. The summed E-state index contributed by atoms with van der Waals surface area (Å²) in [6.07, 6.45) is -3.23. The molecule has 0 radical (unpaired) electrons. The summed E-state index contributed by atoms with van der Waals surface area (Å²) in [4.78, 5) is 11.0. The first-order valence-electron chi connectivity index (χ1n) is 11.0. The molecule has 0 aliphatic rings. The summed E-state index contributed by atoms with van der Waals surface area (Å²) >= 11 is 0. The van der Waals surface area contributed by atoms with Gasteiger partial charge in [-0.3, -0.25) is 4.57 Å². The topological polar surface area (TPSA) is 107 Å². The van der Waals surface area contributed by atoms with E-state index in [2.05, 4.69) is 10.2 Å². The van der Waals surface area contributed by atoms with Crippen molar-refractivity contribution in [2.45, 2.75) is 26.9 Å². The smallest absolute Gasteiger partial charge is 0.416 e. The molecule has 0 amide bonds. The second-order valence-electron chi connectivity index (χ2n) is 8.66. The maximum Gasteiger partial charge on any atom is 0.416 e. The summed E-state index contributed by atoms with van der Waals surface area (Å²) in [6, 6.07) is 12.6. The van der Waals surface area contributed by atoms with Crippen LogP contribution in [0.3, 0.4) is 0 Å². The van der Waals surface area contributed by atoms with Crippen molar-refractivity contribution in [3.8, 4) is 17.3 Å². The maximum atomic E-state index is 13.5. The molecule has 0 atom stereocenters. The zero-order valence-electron chi connectivity index (χ0n) is 20.0. The molecule has 0 unspecified atom stereocenters. The van der Waals surface area contributed by atoms with Gasteiger partial charge < -0.3 is 15.3 Å². The van der Waals surface area contributed by atoms with E-state index < -0.39 is 23.6 Å². The van der Waals surface area contributed by atoms with Crippen molar-refractivity contribution in [3.05, 3.63) is 82.4 Å². The van der Waals surface area contributed by atoms with Gasteiger partial charge in [0.15, 0.2) is 5.69 Å². The van der Waals surface area contributed by atoms with E-state index >= 15 is 0 Å². The molecule has 0 bridgehead atoms. The molecule has 0 saturated carbocycles. The highest BCUT2D eigenvalue weighted by Crippen LogP contribution is 2.44. The number of carboxylic acid groups (broad SMARTS) is 1. The predicted molar refractivity (Wildman–Crippen MR) is 133 cm³/mol. The number of hydrogen-bond acceptors (Lipinski definition) is 5. The number of halogens is 3. The summed E-state index contributed by atoms with van der Waals surface area (Å²) in [6.45, 7) is 5.08. The van der Waals surface area contributed by atoms with Crippen molar-refractivity contribution in [2.75, 3.05) is 0 Å². The van der Waals surface area contributed by atoms with Gasteiger partial charge in [-0.15, -0.1) is 10.2 Å². The Morgan fingerprint density at radius 1 is 0.946 bits per heavy atom. The molecule has 37 heavy (non-hydrogen) atoms. The first kappa shape index (κ1) is 25.5. The third kappa shape index (κ3) is 5.18. The number of rotatable bonds is 5. The first-order chi connectivity index (χ1) is 17.3. The largest absolute Gasteiger partial charge is 0.506 e. The quantitative estimate of drug-likeness (QED) is 0.190. The van der Waals surface area contributed by atoms with Crippen LogP contribution in [0.15, 0.2) is 70.4 Å². The lowest BCUT2D eigenvalue weighted by Crippen LogP contribution is -2.05. The average molecular weight is 509 g/mol. The van der Waals surface area contributed by atoms with Gasteiger partial charge in [0.2, 0.25) is 5.88 Å². The number of alkyl halides is 3. The number of aromatic nitrogens is 1. The second-order valence-corrected chi connectivity index (χ2v) is 8.66. The van der Waals surface area contributed by atoms with Gasteiger partial charge >= 0.3 is 12.1 Å². The number of carboxylic acids is 1. The molecule has 0 fully saturated rings. The van der Waals surface area contributed by atoms with E-state index in [-0.39, 0.29) is 33.6 Å². The fourth-order valence-corrected chi connectivity index (χ4v) is 4.00. The number of hydrogen-bond donors (Lipinski definition) is 3. The number of aliphatic carboxylic acids is 1. The molecular weight excluding hydrogens is 487 g/mol. The lowest BCUT2D eigenvalue weighted by Gasteiger charge is -2.11. The summed E-state index contributed by atoms with van der Waals surface area (Å²) in [5.41, 5.74) is 1.78. The van der Waals surface area contributed by atoms with Crippen LogP contribution in [0.2, 0.25) is 0 Å². The van der Waals surface area contributed by atoms with E-state index in [0.29, 0.717) is 11.3 Å². The SMILES string of the molecule is CC(=Cc1ccc(N=Nc2c(O)n(-c3cc(C)cc(C)c3)c3cc(C(F)(F)F)ccc23)c(O)c1)C(=O)O. The van der Waals surface area contributed by atoms with Crippen molar-refractivity contribution < 1.29 is 33.3 Å². The van der Waals surface area contributed by atoms with Crippen molar-refractivity contribution in [3.63, 3.8) is 0 Å². The van der Waals surface area contributed by atoms with Gasteiger partial charge in [-0.1, -0.05) is 12.1 Å². The van der Waals surface area contributed by atoms with Crippen LogP contribution in [-0.2, 0) is 11.0 Å². The van der Waals surface area contributed by atoms with Crippen molar-refractivity contribution in [1.29, 1.82) is 0 Å². The number of azo groups is 1. The number of aromatic hydroxyl groups is 2. The Morgan fingerprint density at radius 2 is 1.62 bits per heavy atom. The van der Waals surface area contributed by atoms with Crippen LogP contribution in [-0.4, -0.2) is 25.9 Å². The van der Waals surface area contributed by atoms with E-state index in [1.807, 2.05) is 19.9 Å². The molecule has 0 spiro atoms. The molecule has 3 N–H and O–H groups in total. The number of fused-ring (bicyclic) bond motifs is 1. The summed E-state index contributed by atoms with van der Waals surface area (Å²) in [5, 5.41) is 38.7. The van der Waals surface area contributed by atoms with Gasteiger partial charge in [-0.05, 0) is 86.0 Å². The number of phenolic OH excluding ortho intramolecular Hbond substituents is 1. The highest BCUT2D eigenvalue weighted by Gasteiger charge is 2.32.